The van der Waals surface area contributed by atoms with Gasteiger partial charge in [0.1, 0.15) is 12.3 Å². The van der Waals surface area contributed by atoms with Crippen molar-refractivity contribution in [2.45, 2.75) is 37.2 Å². The standard InChI is InChI=1S/C12H19N3O3/c1-18-11-7-3-5-9-14(11)12(15(16)17)8-4-2-6-10(12)13/h2,4,6,8,10-11H,3,5,7,9,13H2,1H3. The van der Waals surface area contributed by atoms with Crippen molar-refractivity contribution in [2.24, 2.45) is 5.73 Å². The number of piperidine rings is 1. The zero-order valence-electron chi connectivity index (χ0n) is 10.5. The molecule has 0 amide bonds. The molecule has 3 unspecified atom stereocenters. The largest absolute Gasteiger partial charge is 0.366 e. The molecule has 0 saturated carbocycles. The molecule has 1 heterocycles. The second-order valence-electron chi connectivity index (χ2n) is 4.69. The van der Waals surface area contributed by atoms with Gasteiger partial charge in [0.25, 0.3) is 0 Å². The number of allylic oxidation sites excluding steroid dienone is 2. The minimum Gasteiger partial charge on any atom is -0.366 e. The molecular weight excluding hydrogens is 234 g/mol. The molecule has 0 aromatic carbocycles. The highest BCUT2D eigenvalue weighted by Gasteiger charge is 2.54. The highest BCUT2D eigenvalue weighted by molar-refractivity contribution is 5.24. The minimum atomic E-state index is -1.38. The fourth-order valence-corrected chi connectivity index (χ4v) is 2.76. The van der Waals surface area contributed by atoms with Crippen LogP contribution in [0, 0.1) is 10.1 Å². The van der Waals surface area contributed by atoms with Gasteiger partial charge < -0.3 is 10.5 Å². The predicted molar refractivity (Wildman–Crippen MR) is 67.3 cm³/mol. The van der Waals surface area contributed by atoms with E-state index in [4.69, 9.17) is 10.5 Å². The Kier molecular flexibility index (Phi) is 3.79. The number of nitrogens with zero attached hydrogens (tertiary/aromatic N) is 2. The molecule has 2 rings (SSSR count). The van der Waals surface area contributed by atoms with E-state index in [1.54, 1.807) is 36.3 Å². The molecule has 0 radical (unpaired) electrons. The van der Waals surface area contributed by atoms with E-state index in [1.165, 1.54) is 0 Å². The molecule has 0 bridgehead atoms. The van der Waals surface area contributed by atoms with Crippen molar-refractivity contribution in [3.63, 3.8) is 0 Å². The van der Waals surface area contributed by atoms with Gasteiger partial charge in [0.2, 0.25) is 0 Å². The molecule has 6 nitrogen and oxygen atoms in total. The molecule has 2 N–H and O–H groups in total. The zero-order chi connectivity index (χ0) is 13.2. The monoisotopic (exact) mass is 253 g/mol. The summed E-state index contributed by atoms with van der Waals surface area (Å²) in [4.78, 5) is 13.1. The summed E-state index contributed by atoms with van der Waals surface area (Å²) < 4.78 is 5.39. The Morgan fingerprint density at radius 2 is 2.28 bits per heavy atom. The molecule has 18 heavy (non-hydrogen) atoms. The summed E-state index contributed by atoms with van der Waals surface area (Å²) in [5.74, 6) is 0. The van der Waals surface area contributed by atoms with Gasteiger partial charge in [0.05, 0.1) is 0 Å². The summed E-state index contributed by atoms with van der Waals surface area (Å²) in [7, 11) is 1.59. The van der Waals surface area contributed by atoms with E-state index in [1.807, 2.05) is 0 Å². The first kappa shape index (κ1) is 13.2. The summed E-state index contributed by atoms with van der Waals surface area (Å²) >= 11 is 0. The Bertz CT molecular complexity index is 383. The van der Waals surface area contributed by atoms with E-state index >= 15 is 0 Å². The summed E-state index contributed by atoms with van der Waals surface area (Å²) in [5.41, 5.74) is 4.61. The lowest BCUT2D eigenvalue weighted by molar-refractivity contribution is -0.594. The van der Waals surface area contributed by atoms with Gasteiger partial charge in [0.15, 0.2) is 0 Å². The second kappa shape index (κ2) is 5.17. The maximum atomic E-state index is 11.6. The number of nitrogens with two attached hydrogens (primary N) is 1. The second-order valence-corrected chi connectivity index (χ2v) is 4.69. The lowest BCUT2D eigenvalue weighted by atomic mass is 9.91. The third kappa shape index (κ3) is 1.96. The highest BCUT2D eigenvalue weighted by Crippen LogP contribution is 2.32. The van der Waals surface area contributed by atoms with Gasteiger partial charge in [-0.25, -0.2) is 4.90 Å². The van der Waals surface area contributed by atoms with Gasteiger partial charge in [-0.2, -0.15) is 0 Å². The molecule has 1 fully saturated rings. The van der Waals surface area contributed by atoms with Gasteiger partial charge >= 0.3 is 5.66 Å². The Hall–Kier alpha value is -1.24. The molecule has 6 heteroatoms. The average molecular weight is 253 g/mol. The van der Waals surface area contributed by atoms with E-state index in [9.17, 15) is 10.1 Å². The van der Waals surface area contributed by atoms with Crippen LogP contribution in [0.2, 0.25) is 0 Å². The number of methoxy groups -OCH3 is 1. The zero-order valence-corrected chi connectivity index (χ0v) is 10.5. The van der Waals surface area contributed by atoms with Crippen molar-refractivity contribution in [3.05, 3.63) is 34.4 Å². The average Bonchev–Trinajstić information content (AvgIpc) is 2.39. The van der Waals surface area contributed by atoms with E-state index in [-0.39, 0.29) is 11.2 Å². The van der Waals surface area contributed by atoms with Crippen molar-refractivity contribution in [1.29, 1.82) is 0 Å². The van der Waals surface area contributed by atoms with Crippen molar-refractivity contribution in [1.82, 2.24) is 4.90 Å². The summed E-state index contributed by atoms with van der Waals surface area (Å²) in [6.45, 7) is 0.630. The topological polar surface area (TPSA) is 81.6 Å². The molecule has 0 aromatic rings. The highest BCUT2D eigenvalue weighted by atomic mass is 16.6. The maximum Gasteiger partial charge on any atom is 0.317 e. The van der Waals surface area contributed by atoms with E-state index < -0.39 is 11.7 Å². The van der Waals surface area contributed by atoms with Crippen LogP contribution in [0.5, 0.6) is 0 Å². The number of rotatable bonds is 3. The lowest BCUT2D eigenvalue weighted by Crippen LogP contribution is -2.67. The van der Waals surface area contributed by atoms with E-state index in [2.05, 4.69) is 0 Å². The number of hydrogen-bond acceptors (Lipinski definition) is 5. The Morgan fingerprint density at radius 3 is 2.89 bits per heavy atom. The Labute approximate surface area is 106 Å². The van der Waals surface area contributed by atoms with Crippen molar-refractivity contribution >= 4 is 0 Å². The fourth-order valence-electron chi connectivity index (χ4n) is 2.76. The van der Waals surface area contributed by atoms with Crippen LogP contribution < -0.4 is 5.73 Å². The van der Waals surface area contributed by atoms with Gasteiger partial charge in [0, 0.05) is 24.7 Å². The van der Waals surface area contributed by atoms with Crippen LogP contribution in [0.15, 0.2) is 24.3 Å². The van der Waals surface area contributed by atoms with Crippen molar-refractivity contribution in [2.75, 3.05) is 13.7 Å². The third-order valence-electron chi connectivity index (χ3n) is 3.73. The summed E-state index contributed by atoms with van der Waals surface area (Å²) in [5, 5.41) is 11.6. The first-order chi connectivity index (χ1) is 8.63. The number of hydrogen-bond donors (Lipinski definition) is 1. The van der Waals surface area contributed by atoms with Gasteiger partial charge in [-0.15, -0.1) is 0 Å². The molecule has 1 saturated heterocycles. The van der Waals surface area contributed by atoms with E-state index in [0.717, 1.165) is 19.3 Å². The van der Waals surface area contributed by atoms with Crippen molar-refractivity contribution in [3.8, 4) is 0 Å². The maximum absolute atomic E-state index is 11.6. The summed E-state index contributed by atoms with van der Waals surface area (Å²) in [6.07, 6.45) is 9.20. The Morgan fingerprint density at radius 1 is 1.50 bits per heavy atom. The van der Waals surface area contributed by atoms with Gasteiger partial charge in [-0.3, -0.25) is 10.1 Å². The molecule has 2 aliphatic rings. The van der Waals surface area contributed by atoms with Crippen LogP contribution >= 0.6 is 0 Å². The van der Waals surface area contributed by atoms with Crippen LogP contribution in [-0.2, 0) is 4.74 Å². The predicted octanol–water partition coefficient (Wildman–Crippen LogP) is 0.871. The first-order valence-electron chi connectivity index (χ1n) is 6.18. The quantitative estimate of drug-likeness (QED) is 0.596. The smallest absolute Gasteiger partial charge is 0.317 e. The molecule has 0 spiro atoms. The first-order valence-corrected chi connectivity index (χ1v) is 6.18. The van der Waals surface area contributed by atoms with Crippen LogP contribution in [-0.4, -0.2) is 41.4 Å². The van der Waals surface area contributed by atoms with Crippen LogP contribution in [0.25, 0.3) is 0 Å². The minimum absolute atomic E-state index is 0.244. The molecular formula is C12H19N3O3. The normalized spacial score (nSPS) is 36.8. The lowest BCUT2D eigenvalue weighted by Gasteiger charge is -2.43. The Balaban J connectivity index is 2.37. The molecule has 0 aromatic heterocycles. The van der Waals surface area contributed by atoms with Crippen LogP contribution in [0.1, 0.15) is 19.3 Å². The number of ether oxygens (including phenoxy) is 1. The number of nitro groups is 1. The SMILES string of the molecule is COC1CCCCN1C1([N+](=O)[O-])C=CC=CC1N. The molecule has 1 aliphatic carbocycles. The van der Waals surface area contributed by atoms with Gasteiger partial charge in [-0.1, -0.05) is 18.2 Å². The molecule has 100 valence electrons. The van der Waals surface area contributed by atoms with Gasteiger partial charge in [-0.05, 0) is 19.3 Å². The molecule has 1 aliphatic heterocycles. The summed E-state index contributed by atoms with van der Waals surface area (Å²) in [6, 6.07) is -0.659. The van der Waals surface area contributed by atoms with Crippen molar-refractivity contribution < 1.29 is 9.66 Å². The third-order valence-corrected chi connectivity index (χ3v) is 3.73. The van der Waals surface area contributed by atoms with Crippen LogP contribution in [0.3, 0.4) is 0 Å². The van der Waals surface area contributed by atoms with E-state index in [0.29, 0.717) is 6.54 Å². The molecule has 3 atom stereocenters. The number of likely N-dealkylation sites (tertiary alicyclic amines) is 1. The fraction of sp³-hybridized carbons (Fsp3) is 0.667. The van der Waals surface area contributed by atoms with Crippen LogP contribution in [0.4, 0.5) is 0 Å².